The first-order valence-electron chi connectivity index (χ1n) is 10.2. The van der Waals surface area contributed by atoms with E-state index < -0.39 is 0 Å². The summed E-state index contributed by atoms with van der Waals surface area (Å²) >= 11 is 0. The van der Waals surface area contributed by atoms with Crippen LogP contribution in [-0.4, -0.2) is 49.7 Å². The lowest BCUT2D eigenvalue weighted by Gasteiger charge is -2.31. The Hall–Kier alpha value is -2.31. The fraction of sp³-hybridized carbons (Fsp3) is 0.500. The van der Waals surface area contributed by atoms with Crippen molar-refractivity contribution in [3.05, 3.63) is 59.5 Å². The molecule has 2 N–H and O–H groups in total. The summed E-state index contributed by atoms with van der Waals surface area (Å²) in [7, 11) is 0. The molecule has 1 atom stereocenters. The van der Waals surface area contributed by atoms with Gasteiger partial charge in [-0.05, 0) is 37.1 Å². The SMILES string of the molecule is CCNC(=NCc1cccc(CN2CCOC(C)C2)c1)NCCc1ccco1. The maximum Gasteiger partial charge on any atom is 0.191 e. The van der Waals surface area contributed by atoms with Crippen molar-refractivity contribution < 1.29 is 9.15 Å². The second-order valence-electron chi connectivity index (χ2n) is 7.19. The molecular weight excluding hydrogens is 352 g/mol. The predicted octanol–water partition coefficient (Wildman–Crippen LogP) is 2.80. The minimum Gasteiger partial charge on any atom is -0.469 e. The van der Waals surface area contributed by atoms with Gasteiger partial charge in [0.2, 0.25) is 0 Å². The van der Waals surface area contributed by atoms with E-state index in [0.717, 1.165) is 57.5 Å². The molecule has 1 fully saturated rings. The molecule has 0 amide bonds. The van der Waals surface area contributed by atoms with Crippen molar-refractivity contribution >= 4 is 5.96 Å². The van der Waals surface area contributed by atoms with Crippen LogP contribution in [0.4, 0.5) is 0 Å². The van der Waals surface area contributed by atoms with E-state index in [1.807, 2.05) is 12.1 Å². The van der Waals surface area contributed by atoms with Crippen LogP contribution in [0.3, 0.4) is 0 Å². The van der Waals surface area contributed by atoms with Gasteiger partial charge in [-0.2, -0.15) is 0 Å². The number of nitrogens with one attached hydrogen (secondary N) is 2. The van der Waals surface area contributed by atoms with E-state index in [1.54, 1.807) is 6.26 Å². The first kappa shape index (κ1) is 20.4. The molecule has 152 valence electrons. The first-order valence-corrected chi connectivity index (χ1v) is 10.2. The van der Waals surface area contributed by atoms with Crippen LogP contribution in [0.5, 0.6) is 0 Å². The normalized spacial score (nSPS) is 18.2. The Kier molecular flexibility index (Phi) is 7.94. The number of hydrogen-bond donors (Lipinski definition) is 2. The van der Waals surface area contributed by atoms with Gasteiger partial charge in [0.25, 0.3) is 0 Å². The highest BCUT2D eigenvalue weighted by Gasteiger charge is 2.16. The zero-order chi connectivity index (χ0) is 19.6. The molecule has 0 spiro atoms. The number of nitrogens with zero attached hydrogens (tertiary/aromatic N) is 2. The van der Waals surface area contributed by atoms with Crippen LogP contribution in [0.2, 0.25) is 0 Å². The molecule has 1 unspecified atom stereocenters. The maximum atomic E-state index is 5.63. The Morgan fingerprint density at radius 1 is 1.21 bits per heavy atom. The first-order chi connectivity index (χ1) is 13.7. The quantitative estimate of drug-likeness (QED) is 0.541. The minimum atomic E-state index is 0.316. The van der Waals surface area contributed by atoms with E-state index in [4.69, 9.17) is 14.1 Å². The Labute approximate surface area is 168 Å². The van der Waals surface area contributed by atoms with Gasteiger partial charge in [-0.1, -0.05) is 24.3 Å². The fourth-order valence-electron chi connectivity index (χ4n) is 3.39. The van der Waals surface area contributed by atoms with Gasteiger partial charge in [0.1, 0.15) is 5.76 Å². The van der Waals surface area contributed by atoms with Crippen LogP contribution in [0.1, 0.15) is 30.7 Å². The van der Waals surface area contributed by atoms with Gasteiger partial charge in [-0.3, -0.25) is 4.90 Å². The molecule has 0 radical (unpaired) electrons. The zero-order valence-electron chi connectivity index (χ0n) is 17.0. The van der Waals surface area contributed by atoms with Crippen molar-refractivity contribution in [2.24, 2.45) is 4.99 Å². The van der Waals surface area contributed by atoms with E-state index in [2.05, 4.69) is 53.6 Å². The molecular formula is C22H32N4O2. The standard InChI is InChI=1S/C22H32N4O2/c1-3-23-22(24-10-9-21-8-5-12-28-21)25-15-19-6-4-7-20(14-19)17-26-11-13-27-18(2)16-26/h4-8,12,14,18H,3,9-11,13,15-17H2,1-2H3,(H2,23,24,25). The summed E-state index contributed by atoms with van der Waals surface area (Å²) in [5.41, 5.74) is 2.56. The Balaban J connectivity index is 1.52. The smallest absolute Gasteiger partial charge is 0.191 e. The fourth-order valence-corrected chi connectivity index (χ4v) is 3.39. The van der Waals surface area contributed by atoms with Crippen molar-refractivity contribution in [1.82, 2.24) is 15.5 Å². The summed E-state index contributed by atoms with van der Waals surface area (Å²) in [5.74, 6) is 1.81. The van der Waals surface area contributed by atoms with Crippen molar-refractivity contribution in [2.75, 3.05) is 32.8 Å². The van der Waals surface area contributed by atoms with E-state index in [-0.39, 0.29) is 0 Å². The second-order valence-corrected chi connectivity index (χ2v) is 7.19. The number of aliphatic imine (C=N–C) groups is 1. The summed E-state index contributed by atoms with van der Waals surface area (Å²) in [6, 6.07) is 12.6. The molecule has 1 aromatic heterocycles. The molecule has 6 nitrogen and oxygen atoms in total. The Bertz CT molecular complexity index is 730. The van der Waals surface area contributed by atoms with Gasteiger partial charge < -0.3 is 19.8 Å². The molecule has 2 heterocycles. The number of hydrogen-bond acceptors (Lipinski definition) is 4. The lowest BCUT2D eigenvalue weighted by Crippen LogP contribution is -2.40. The van der Waals surface area contributed by atoms with Crippen LogP contribution in [-0.2, 0) is 24.2 Å². The van der Waals surface area contributed by atoms with Crippen LogP contribution >= 0.6 is 0 Å². The van der Waals surface area contributed by atoms with Gasteiger partial charge in [-0.15, -0.1) is 0 Å². The molecule has 6 heteroatoms. The van der Waals surface area contributed by atoms with Crippen molar-refractivity contribution in [1.29, 1.82) is 0 Å². The summed E-state index contributed by atoms with van der Waals surface area (Å²) < 4.78 is 11.0. The van der Waals surface area contributed by atoms with Crippen LogP contribution in [0.25, 0.3) is 0 Å². The molecule has 0 saturated carbocycles. The van der Waals surface area contributed by atoms with E-state index >= 15 is 0 Å². The number of ether oxygens (including phenoxy) is 1. The molecule has 1 aliphatic heterocycles. The molecule has 1 aromatic carbocycles. The summed E-state index contributed by atoms with van der Waals surface area (Å²) in [6.07, 6.45) is 2.86. The molecule has 0 bridgehead atoms. The molecule has 0 aliphatic carbocycles. The lowest BCUT2D eigenvalue weighted by atomic mass is 10.1. The minimum absolute atomic E-state index is 0.316. The predicted molar refractivity (Wildman–Crippen MR) is 112 cm³/mol. The number of morpholine rings is 1. The van der Waals surface area contributed by atoms with Crippen LogP contribution < -0.4 is 10.6 Å². The monoisotopic (exact) mass is 384 g/mol. The summed E-state index contributed by atoms with van der Waals surface area (Å²) in [5, 5.41) is 6.68. The maximum absolute atomic E-state index is 5.63. The number of benzene rings is 1. The van der Waals surface area contributed by atoms with Gasteiger partial charge in [0.05, 0.1) is 25.5 Å². The molecule has 28 heavy (non-hydrogen) atoms. The number of guanidine groups is 1. The van der Waals surface area contributed by atoms with Gasteiger partial charge in [-0.25, -0.2) is 4.99 Å². The van der Waals surface area contributed by atoms with Gasteiger partial charge in [0.15, 0.2) is 5.96 Å². The molecule has 1 saturated heterocycles. The summed E-state index contributed by atoms with van der Waals surface area (Å²) in [6.45, 7) is 10.3. The topological polar surface area (TPSA) is 62.0 Å². The average Bonchev–Trinajstić information content (AvgIpc) is 3.20. The van der Waals surface area contributed by atoms with Gasteiger partial charge >= 0.3 is 0 Å². The van der Waals surface area contributed by atoms with E-state index in [1.165, 1.54) is 11.1 Å². The molecule has 3 rings (SSSR count). The van der Waals surface area contributed by atoms with Gasteiger partial charge in [0, 0.05) is 39.1 Å². The van der Waals surface area contributed by atoms with Crippen molar-refractivity contribution in [3.8, 4) is 0 Å². The highest BCUT2D eigenvalue weighted by molar-refractivity contribution is 5.79. The second kappa shape index (κ2) is 10.9. The van der Waals surface area contributed by atoms with Crippen LogP contribution in [0.15, 0.2) is 52.1 Å². The summed E-state index contributed by atoms with van der Waals surface area (Å²) in [4.78, 5) is 7.19. The third-order valence-corrected chi connectivity index (χ3v) is 4.73. The highest BCUT2D eigenvalue weighted by atomic mass is 16.5. The number of furan rings is 1. The van der Waals surface area contributed by atoms with E-state index in [0.29, 0.717) is 12.6 Å². The van der Waals surface area contributed by atoms with E-state index in [9.17, 15) is 0 Å². The highest BCUT2D eigenvalue weighted by Crippen LogP contribution is 2.12. The number of rotatable bonds is 8. The largest absolute Gasteiger partial charge is 0.469 e. The Morgan fingerprint density at radius 3 is 2.89 bits per heavy atom. The Morgan fingerprint density at radius 2 is 2.11 bits per heavy atom. The van der Waals surface area contributed by atoms with Crippen molar-refractivity contribution in [3.63, 3.8) is 0 Å². The molecule has 2 aromatic rings. The van der Waals surface area contributed by atoms with Crippen molar-refractivity contribution in [2.45, 2.75) is 39.5 Å². The van der Waals surface area contributed by atoms with Crippen LogP contribution in [0, 0.1) is 0 Å². The third kappa shape index (κ3) is 6.69. The zero-order valence-corrected chi connectivity index (χ0v) is 17.0. The third-order valence-electron chi connectivity index (χ3n) is 4.73. The lowest BCUT2D eigenvalue weighted by molar-refractivity contribution is -0.0212. The average molecular weight is 385 g/mol. The molecule has 1 aliphatic rings.